The summed E-state index contributed by atoms with van der Waals surface area (Å²) >= 11 is 0. The van der Waals surface area contributed by atoms with E-state index in [2.05, 4.69) is 86.9 Å². The Balaban J connectivity index is -0.000000230. The molecule has 0 fully saturated rings. The van der Waals surface area contributed by atoms with Crippen molar-refractivity contribution in [3.05, 3.63) is 78.4 Å². The van der Waals surface area contributed by atoms with Gasteiger partial charge in [0.2, 0.25) is 0 Å². The Morgan fingerprint density at radius 3 is 1.67 bits per heavy atom. The summed E-state index contributed by atoms with van der Waals surface area (Å²) in [6, 6.07) is 25.9. The molecular formula is C19H20F6NSb. The van der Waals surface area contributed by atoms with Crippen molar-refractivity contribution in [2.75, 3.05) is 14.1 Å². The van der Waals surface area contributed by atoms with Gasteiger partial charge in [0.25, 0.3) is 0 Å². The number of hydrogen-bond acceptors (Lipinski definition) is 0. The van der Waals surface area contributed by atoms with Gasteiger partial charge >= 0.3 is 24.4 Å². The van der Waals surface area contributed by atoms with Crippen LogP contribution in [0.3, 0.4) is 0 Å². The van der Waals surface area contributed by atoms with E-state index in [4.69, 9.17) is 0 Å². The molecule has 0 aromatic heterocycles. The second-order valence-corrected chi connectivity index (χ2v) is 5.82. The summed E-state index contributed by atoms with van der Waals surface area (Å²) in [5.41, 5.74) is 2.73. The number of nitrogens with zero attached hydrogens (tertiary/aromatic N) is 1. The molecule has 0 saturated carbocycles. The second-order valence-electron chi connectivity index (χ2n) is 5.82. The van der Waals surface area contributed by atoms with Crippen LogP contribution < -0.4 is 32.7 Å². The smallest absolute Gasteiger partial charge is 1.00 e. The first kappa shape index (κ1) is 36.2. The fourth-order valence-corrected chi connectivity index (χ4v) is 2.78. The molecule has 3 rings (SSSR count). The van der Waals surface area contributed by atoms with Crippen molar-refractivity contribution in [2.24, 2.45) is 0 Å². The zero-order valence-electron chi connectivity index (χ0n) is 14.8. The van der Waals surface area contributed by atoms with Crippen molar-refractivity contribution in [3.63, 3.8) is 0 Å². The predicted molar refractivity (Wildman–Crippen MR) is 93.5 cm³/mol. The van der Waals surface area contributed by atoms with Crippen LogP contribution in [0.4, 0.5) is 5.69 Å². The van der Waals surface area contributed by atoms with Crippen molar-refractivity contribution in [3.8, 4) is 0 Å². The molecule has 0 atom stereocenters. The molecule has 0 amide bonds. The molecule has 0 N–H and O–H groups in total. The zero-order valence-corrected chi connectivity index (χ0v) is 17.4. The van der Waals surface area contributed by atoms with Gasteiger partial charge < -0.3 is 28.2 Å². The fourth-order valence-electron chi connectivity index (χ4n) is 2.78. The van der Waals surface area contributed by atoms with Gasteiger partial charge in [-0.2, -0.15) is 0 Å². The maximum Gasteiger partial charge on any atom is 5.00 e. The molecule has 8 heteroatoms. The van der Waals surface area contributed by atoms with Gasteiger partial charge in [0.15, 0.2) is 0 Å². The molecule has 27 heavy (non-hydrogen) atoms. The summed E-state index contributed by atoms with van der Waals surface area (Å²) in [6.07, 6.45) is 0. The van der Waals surface area contributed by atoms with Crippen LogP contribution in [0.25, 0.3) is 10.8 Å². The Hall–Kier alpha value is -1.72. The van der Waals surface area contributed by atoms with Gasteiger partial charge in [-0.05, 0) is 22.9 Å². The van der Waals surface area contributed by atoms with Crippen molar-refractivity contribution in [1.82, 2.24) is 4.48 Å². The number of quaternary nitrogens is 1. The number of para-hydroxylation sites is 1. The van der Waals surface area contributed by atoms with Gasteiger partial charge in [-0.25, -0.2) is 0 Å². The predicted octanol–water partition coefficient (Wildman–Crippen LogP) is -13.7. The molecule has 0 aliphatic rings. The van der Waals surface area contributed by atoms with Crippen molar-refractivity contribution in [1.29, 1.82) is 0 Å². The van der Waals surface area contributed by atoms with Gasteiger partial charge in [-0.15, -0.1) is 0 Å². The Morgan fingerprint density at radius 2 is 1.07 bits per heavy atom. The van der Waals surface area contributed by atoms with Crippen molar-refractivity contribution < 1.29 is 28.2 Å². The van der Waals surface area contributed by atoms with Crippen LogP contribution in [0, 0.1) is 0 Å². The molecular weight excluding hydrogens is 478 g/mol. The summed E-state index contributed by atoms with van der Waals surface area (Å²) in [5, 5.41) is 2.68. The molecule has 148 valence electrons. The van der Waals surface area contributed by atoms with Gasteiger partial charge in [0, 0.05) is 5.56 Å². The maximum atomic E-state index is 2.26. The third-order valence-corrected chi connectivity index (χ3v) is 3.90. The topological polar surface area (TPSA) is 0 Å². The largest absolute Gasteiger partial charge is 5.00 e. The summed E-state index contributed by atoms with van der Waals surface area (Å²) in [5.74, 6) is 0. The SMILES string of the molecule is C[N+](C)(Cc1cccc2ccccc12)c1ccccc1.[F-].[F-].[F-].[F-].[F-].[F-].[Sb+5]. The molecule has 0 saturated heterocycles. The molecule has 1 nitrogen and oxygen atoms in total. The van der Waals surface area contributed by atoms with Crippen LogP contribution in [0.1, 0.15) is 5.56 Å². The van der Waals surface area contributed by atoms with Gasteiger partial charge in [-0.1, -0.05) is 60.7 Å². The number of rotatable bonds is 3. The third-order valence-electron chi connectivity index (χ3n) is 3.90. The Kier molecular flexibility index (Phi) is 20.6. The van der Waals surface area contributed by atoms with Crippen LogP contribution in [-0.4, -0.2) is 38.5 Å². The Morgan fingerprint density at radius 1 is 0.593 bits per heavy atom. The fraction of sp³-hybridized carbons (Fsp3) is 0.158. The third kappa shape index (κ3) is 8.22. The van der Waals surface area contributed by atoms with E-state index in [0.29, 0.717) is 0 Å². The van der Waals surface area contributed by atoms with Crippen LogP contribution in [0.15, 0.2) is 72.8 Å². The van der Waals surface area contributed by atoms with Crippen LogP contribution in [-0.2, 0) is 6.54 Å². The number of fused-ring (bicyclic) bond motifs is 1. The first-order chi connectivity index (χ1) is 9.67. The van der Waals surface area contributed by atoms with Crippen LogP contribution in [0.2, 0.25) is 0 Å². The van der Waals surface area contributed by atoms with Crippen molar-refractivity contribution >= 4 is 40.9 Å². The van der Waals surface area contributed by atoms with E-state index >= 15 is 0 Å². The van der Waals surface area contributed by atoms with Gasteiger partial charge in [0.05, 0.1) is 14.1 Å². The van der Waals surface area contributed by atoms with E-state index in [1.54, 1.807) is 0 Å². The molecule has 0 bridgehead atoms. The van der Waals surface area contributed by atoms with Gasteiger partial charge in [-0.3, -0.25) is 4.48 Å². The quantitative estimate of drug-likeness (QED) is 0.192. The van der Waals surface area contributed by atoms with E-state index < -0.39 is 0 Å². The molecule has 3 aromatic carbocycles. The minimum atomic E-state index is 0. The Bertz CT molecular complexity index is 735. The average molecular weight is 498 g/mol. The first-order valence-electron chi connectivity index (χ1n) is 7.02. The molecule has 0 aliphatic heterocycles. The summed E-state index contributed by atoms with van der Waals surface area (Å²) in [4.78, 5) is 0. The standard InChI is InChI=1S/C19H20N.6FH.Sb/c1-20(2,18-12-4-3-5-13-18)15-17-11-8-10-16-9-6-7-14-19(16)17;;;;;;;/h3-14H,15H2,1-2H3;6*1H;/q+1;;;;;;;+5/p-6. The summed E-state index contributed by atoms with van der Waals surface area (Å²) in [6.45, 7) is 0.991. The normalized spacial score (nSPS) is 8.67. The Labute approximate surface area is 172 Å². The van der Waals surface area contributed by atoms with E-state index in [9.17, 15) is 0 Å². The van der Waals surface area contributed by atoms with E-state index in [-0.39, 0.29) is 52.7 Å². The average Bonchev–Trinajstić information content (AvgIpc) is 2.48. The van der Waals surface area contributed by atoms with Crippen LogP contribution in [0.5, 0.6) is 0 Å². The molecule has 3 aromatic rings. The monoisotopic (exact) mass is 497 g/mol. The minimum Gasteiger partial charge on any atom is -1.00 e. The number of halogens is 6. The number of hydrogen-bond donors (Lipinski definition) is 0. The van der Waals surface area contributed by atoms with Gasteiger partial charge in [0.1, 0.15) is 12.2 Å². The van der Waals surface area contributed by atoms with Crippen LogP contribution >= 0.6 is 0 Å². The van der Waals surface area contributed by atoms with E-state index in [1.165, 1.54) is 22.0 Å². The maximum absolute atomic E-state index is 2.26. The first-order valence-corrected chi connectivity index (χ1v) is 7.02. The molecule has 0 heterocycles. The molecule has 0 unspecified atom stereocenters. The number of benzene rings is 3. The van der Waals surface area contributed by atoms with E-state index in [0.717, 1.165) is 11.0 Å². The summed E-state index contributed by atoms with van der Waals surface area (Å²) < 4.78 is 0.856. The summed E-state index contributed by atoms with van der Waals surface area (Å²) in [7, 11) is 4.52. The second kappa shape index (κ2) is 15.3. The van der Waals surface area contributed by atoms with Crippen molar-refractivity contribution in [2.45, 2.75) is 6.54 Å². The molecule has 0 aliphatic carbocycles. The molecule has 0 radical (unpaired) electrons. The van der Waals surface area contributed by atoms with E-state index in [1.807, 2.05) is 0 Å². The zero-order chi connectivity index (χ0) is 14.0. The molecule has 0 spiro atoms. The minimum absolute atomic E-state index is 0.